The first-order valence-corrected chi connectivity index (χ1v) is 10.9. The number of carbonyl (C=O) groups is 2. The number of methoxy groups -OCH3 is 1. The zero-order chi connectivity index (χ0) is 22.9. The Bertz CT molecular complexity index is 1090. The van der Waals surface area contributed by atoms with Crippen LogP contribution in [0.5, 0.6) is 11.5 Å². The van der Waals surface area contributed by atoms with Crippen molar-refractivity contribution >= 4 is 29.3 Å². The van der Waals surface area contributed by atoms with Crippen molar-refractivity contribution in [1.29, 1.82) is 0 Å². The van der Waals surface area contributed by atoms with Gasteiger partial charge in [0, 0.05) is 12.6 Å². The largest absolute Gasteiger partial charge is 0.493 e. The Hall–Kier alpha value is -3.53. The number of carbonyl (C=O) groups excluding carboxylic acids is 2. The molecule has 0 atom stereocenters. The number of rotatable bonds is 10. The second-order valence-electron chi connectivity index (χ2n) is 6.73. The number of anilines is 1. The minimum absolute atomic E-state index is 0.141. The van der Waals surface area contributed by atoms with Crippen LogP contribution in [0.3, 0.4) is 0 Å². The Morgan fingerprint density at radius 1 is 1.09 bits per heavy atom. The standard InChI is InChI=1S/C22H25N5O4S/c1-15-25-26-22(27(15)18-8-6-7-17(13-18)24-16(2)28)32-14-21(29)23-11-12-31-20-10-5-4-9-19(20)30-3/h4-10,13H,11-12,14H2,1-3H3,(H,23,29)(H,24,28). The Morgan fingerprint density at radius 3 is 2.62 bits per heavy atom. The van der Waals surface area contributed by atoms with E-state index in [1.54, 1.807) is 13.2 Å². The van der Waals surface area contributed by atoms with Crippen molar-refractivity contribution in [2.45, 2.75) is 19.0 Å². The van der Waals surface area contributed by atoms with E-state index in [9.17, 15) is 9.59 Å². The number of aromatic nitrogens is 3. The van der Waals surface area contributed by atoms with Crippen LogP contribution >= 0.6 is 11.8 Å². The molecule has 1 aromatic heterocycles. The van der Waals surface area contributed by atoms with Crippen LogP contribution in [0, 0.1) is 6.92 Å². The highest BCUT2D eigenvalue weighted by molar-refractivity contribution is 7.99. The lowest BCUT2D eigenvalue weighted by molar-refractivity contribution is -0.118. The molecule has 3 rings (SSSR count). The third-order valence-corrected chi connectivity index (χ3v) is 5.23. The van der Waals surface area contributed by atoms with E-state index < -0.39 is 0 Å². The van der Waals surface area contributed by atoms with Gasteiger partial charge in [0.2, 0.25) is 11.8 Å². The maximum atomic E-state index is 12.3. The fourth-order valence-electron chi connectivity index (χ4n) is 2.93. The third kappa shape index (κ3) is 6.24. The lowest BCUT2D eigenvalue weighted by Gasteiger charge is -2.11. The number of amides is 2. The highest BCUT2D eigenvalue weighted by Crippen LogP contribution is 2.26. The molecule has 168 valence electrons. The number of aryl methyl sites for hydroxylation is 1. The van der Waals surface area contributed by atoms with Gasteiger partial charge in [-0.1, -0.05) is 30.0 Å². The Labute approximate surface area is 190 Å². The van der Waals surface area contributed by atoms with Crippen molar-refractivity contribution in [2.24, 2.45) is 0 Å². The molecule has 9 nitrogen and oxygen atoms in total. The molecule has 0 spiro atoms. The first-order chi connectivity index (χ1) is 15.5. The van der Waals surface area contributed by atoms with Gasteiger partial charge in [-0.3, -0.25) is 14.2 Å². The second-order valence-corrected chi connectivity index (χ2v) is 7.68. The lowest BCUT2D eigenvalue weighted by atomic mass is 10.2. The molecule has 2 N–H and O–H groups in total. The van der Waals surface area contributed by atoms with Crippen LogP contribution in [-0.4, -0.2) is 52.6 Å². The van der Waals surface area contributed by atoms with E-state index in [-0.39, 0.29) is 17.6 Å². The molecule has 32 heavy (non-hydrogen) atoms. The average Bonchev–Trinajstić information content (AvgIpc) is 3.15. The third-order valence-electron chi connectivity index (χ3n) is 4.30. The minimum Gasteiger partial charge on any atom is -0.493 e. The van der Waals surface area contributed by atoms with Crippen LogP contribution in [0.1, 0.15) is 12.7 Å². The van der Waals surface area contributed by atoms with Crippen molar-refractivity contribution in [3.8, 4) is 17.2 Å². The predicted molar refractivity (Wildman–Crippen MR) is 123 cm³/mol. The van der Waals surface area contributed by atoms with Crippen molar-refractivity contribution in [3.05, 3.63) is 54.4 Å². The average molecular weight is 456 g/mol. The van der Waals surface area contributed by atoms with Gasteiger partial charge >= 0.3 is 0 Å². The van der Waals surface area contributed by atoms with Crippen LogP contribution in [0.2, 0.25) is 0 Å². The number of hydrogen-bond acceptors (Lipinski definition) is 7. The van der Waals surface area contributed by atoms with E-state index in [1.807, 2.05) is 54.0 Å². The van der Waals surface area contributed by atoms with Crippen LogP contribution in [0.25, 0.3) is 5.69 Å². The molecule has 2 amide bonds. The van der Waals surface area contributed by atoms with Gasteiger partial charge in [-0.2, -0.15) is 0 Å². The molecular weight excluding hydrogens is 430 g/mol. The summed E-state index contributed by atoms with van der Waals surface area (Å²) >= 11 is 1.28. The summed E-state index contributed by atoms with van der Waals surface area (Å²) in [6.07, 6.45) is 0. The molecular formula is C22H25N5O4S. The summed E-state index contributed by atoms with van der Waals surface area (Å²) in [5.41, 5.74) is 1.47. The molecule has 0 radical (unpaired) electrons. The molecule has 0 aliphatic heterocycles. The number of thioether (sulfide) groups is 1. The van der Waals surface area contributed by atoms with Crippen molar-refractivity contribution < 1.29 is 19.1 Å². The second kappa shape index (κ2) is 11.2. The van der Waals surface area contributed by atoms with Gasteiger partial charge < -0.3 is 20.1 Å². The molecule has 0 unspecified atom stereocenters. The molecule has 0 bridgehead atoms. The van der Waals surface area contributed by atoms with E-state index in [2.05, 4.69) is 20.8 Å². The maximum Gasteiger partial charge on any atom is 0.230 e. The Morgan fingerprint density at radius 2 is 1.88 bits per heavy atom. The summed E-state index contributed by atoms with van der Waals surface area (Å²) in [5.74, 6) is 1.84. The summed E-state index contributed by atoms with van der Waals surface area (Å²) in [6.45, 7) is 3.97. The van der Waals surface area contributed by atoms with Gasteiger partial charge in [-0.15, -0.1) is 10.2 Å². The first-order valence-electron chi connectivity index (χ1n) is 9.93. The molecule has 1 heterocycles. The van der Waals surface area contributed by atoms with Crippen LogP contribution in [0.15, 0.2) is 53.7 Å². The van der Waals surface area contributed by atoms with Crippen molar-refractivity contribution in [1.82, 2.24) is 20.1 Å². The van der Waals surface area contributed by atoms with E-state index in [4.69, 9.17) is 9.47 Å². The summed E-state index contributed by atoms with van der Waals surface area (Å²) in [6, 6.07) is 14.7. The highest BCUT2D eigenvalue weighted by atomic mass is 32.2. The minimum atomic E-state index is -0.149. The van der Waals surface area contributed by atoms with E-state index in [0.29, 0.717) is 41.3 Å². The quantitative estimate of drug-likeness (QED) is 0.358. The lowest BCUT2D eigenvalue weighted by Crippen LogP contribution is -2.29. The van der Waals surface area contributed by atoms with Gasteiger partial charge in [-0.05, 0) is 37.3 Å². The molecule has 0 aliphatic carbocycles. The van der Waals surface area contributed by atoms with Gasteiger partial charge in [0.15, 0.2) is 16.7 Å². The fourth-order valence-corrected chi connectivity index (χ4v) is 3.76. The van der Waals surface area contributed by atoms with Gasteiger partial charge in [0.1, 0.15) is 12.4 Å². The summed E-state index contributed by atoms with van der Waals surface area (Å²) in [7, 11) is 1.58. The fraction of sp³-hybridized carbons (Fsp3) is 0.273. The Balaban J connectivity index is 1.53. The van der Waals surface area contributed by atoms with Crippen molar-refractivity contribution in [2.75, 3.05) is 31.3 Å². The topological polar surface area (TPSA) is 107 Å². The van der Waals surface area contributed by atoms with Gasteiger partial charge in [-0.25, -0.2) is 0 Å². The molecule has 2 aromatic carbocycles. The van der Waals surface area contributed by atoms with E-state index in [0.717, 1.165) is 5.69 Å². The van der Waals surface area contributed by atoms with Gasteiger partial charge in [0.05, 0.1) is 25.1 Å². The number of para-hydroxylation sites is 2. The van der Waals surface area contributed by atoms with E-state index in [1.165, 1.54) is 18.7 Å². The van der Waals surface area contributed by atoms with Crippen LogP contribution in [0.4, 0.5) is 5.69 Å². The number of hydrogen-bond donors (Lipinski definition) is 2. The number of nitrogens with one attached hydrogen (secondary N) is 2. The monoisotopic (exact) mass is 455 g/mol. The van der Waals surface area contributed by atoms with Crippen LogP contribution in [-0.2, 0) is 9.59 Å². The summed E-state index contributed by atoms with van der Waals surface area (Å²) in [4.78, 5) is 23.6. The Kier molecular flexibility index (Phi) is 8.09. The number of benzene rings is 2. The SMILES string of the molecule is COc1ccccc1OCCNC(=O)CSc1nnc(C)n1-c1cccc(NC(C)=O)c1. The predicted octanol–water partition coefficient (Wildman–Crippen LogP) is 2.83. The normalized spacial score (nSPS) is 10.5. The van der Waals surface area contributed by atoms with Gasteiger partial charge in [0.25, 0.3) is 0 Å². The molecule has 0 saturated carbocycles. The molecule has 3 aromatic rings. The highest BCUT2D eigenvalue weighted by Gasteiger charge is 2.14. The number of ether oxygens (including phenoxy) is 2. The molecule has 10 heteroatoms. The zero-order valence-electron chi connectivity index (χ0n) is 18.1. The molecule has 0 aliphatic rings. The zero-order valence-corrected chi connectivity index (χ0v) is 18.9. The smallest absolute Gasteiger partial charge is 0.230 e. The van der Waals surface area contributed by atoms with E-state index >= 15 is 0 Å². The van der Waals surface area contributed by atoms with Crippen LogP contribution < -0.4 is 20.1 Å². The summed E-state index contributed by atoms with van der Waals surface area (Å²) < 4.78 is 12.7. The van der Waals surface area contributed by atoms with Crippen molar-refractivity contribution in [3.63, 3.8) is 0 Å². The maximum absolute atomic E-state index is 12.3. The number of nitrogens with zero attached hydrogens (tertiary/aromatic N) is 3. The first kappa shape index (κ1) is 23.1. The molecule has 0 fully saturated rings. The summed E-state index contributed by atoms with van der Waals surface area (Å²) in [5, 5.41) is 14.5. The molecule has 0 saturated heterocycles.